The Bertz CT molecular complexity index is 752. The molecule has 23 heavy (non-hydrogen) atoms. The molecule has 0 aliphatic carbocycles. The first-order chi connectivity index (χ1) is 11.1. The SMILES string of the molecule is CCN1CCCC1CNC(=O)C(C)n1cnc2c(=O)[nH]cnc21. The Morgan fingerprint density at radius 1 is 1.52 bits per heavy atom. The van der Waals surface area contributed by atoms with Crippen LogP contribution in [0.5, 0.6) is 0 Å². The Balaban J connectivity index is 1.69. The quantitative estimate of drug-likeness (QED) is 0.825. The van der Waals surface area contributed by atoms with E-state index in [4.69, 9.17) is 0 Å². The summed E-state index contributed by atoms with van der Waals surface area (Å²) in [5.74, 6) is -0.0886. The lowest BCUT2D eigenvalue weighted by molar-refractivity contribution is -0.124. The Kier molecular flexibility index (Phi) is 4.42. The van der Waals surface area contributed by atoms with E-state index < -0.39 is 6.04 Å². The fourth-order valence-corrected chi connectivity index (χ4v) is 3.18. The fourth-order valence-electron chi connectivity index (χ4n) is 3.18. The molecule has 1 amide bonds. The first-order valence-corrected chi connectivity index (χ1v) is 8.03. The minimum absolute atomic E-state index is 0.0886. The third-order valence-electron chi connectivity index (χ3n) is 4.58. The van der Waals surface area contributed by atoms with Gasteiger partial charge in [-0.25, -0.2) is 9.97 Å². The zero-order chi connectivity index (χ0) is 16.4. The topological polar surface area (TPSA) is 95.9 Å². The third-order valence-corrected chi connectivity index (χ3v) is 4.58. The molecule has 2 aromatic heterocycles. The number of aromatic amines is 1. The van der Waals surface area contributed by atoms with Crippen LogP contribution in [0, 0.1) is 0 Å². The van der Waals surface area contributed by atoms with Crippen molar-refractivity contribution in [2.24, 2.45) is 0 Å². The predicted molar refractivity (Wildman–Crippen MR) is 86.1 cm³/mol. The molecule has 2 aromatic rings. The van der Waals surface area contributed by atoms with Gasteiger partial charge in [0.15, 0.2) is 11.2 Å². The Morgan fingerprint density at radius 3 is 3.13 bits per heavy atom. The van der Waals surface area contributed by atoms with Gasteiger partial charge in [0, 0.05) is 12.6 Å². The number of rotatable bonds is 5. The molecular formula is C15H22N6O2. The molecule has 2 atom stereocenters. The maximum Gasteiger partial charge on any atom is 0.278 e. The Hall–Kier alpha value is -2.22. The van der Waals surface area contributed by atoms with Gasteiger partial charge in [0.2, 0.25) is 5.91 Å². The Morgan fingerprint density at radius 2 is 2.35 bits per heavy atom. The second kappa shape index (κ2) is 6.49. The summed E-state index contributed by atoms with van der Waals surface area (Å²) in [4.78, 5) is 37.2. The molecule has 8 heteroatoms. The van der Waals surface area contributed by atoms with E-state index in [0.717, 1.165) is 19.5 Å². The van der Waals surface area contributed by atoms with Gasteiger partial charge < -0.3 is 14.9 Å². The van der Waals surface area contributed by atoms with Crippen molar-refractivity contribution in [1.82, 2.24) is 29.7 Å². The molecule has 3 heterocycles. The number of H-pyrrole nitrogens is 1. The van der Waals surface area contributed by atoms with Gasteiger partial charge in [0.05, 0.1) is 12.7 Å². The maximum absolute atomic E-state index is 12.4. The summed E-state index contributed by atoms with van der Waals surface area (Å²) >= 11 is 0. The highest BCUT2D eigenvalue weighted by molar-refractivity contribution is 5.82. The summed E-state index contributed by atoms with van der Waals surface area (Å²) in [7, 11) is 0. The predicted octanol–water partition coefficient (Wildman–Crippen LogP) is 0.281. The molecule has 8 nitrogen and oxygen atoms in total. The van der Waals surface area contributed by atoms with E-state index in [1.165, 1.54) is 19.1 Å². The molecule has 1 fully saturated rings. The van der Waals surface area contributed by atoms with E-state index in [-0.39, 0.29) is 17.0 Å². The van der Waals surface area contributed by atoms with Crippen LogP contribution in [0.4, 0.5) is 0 Å². The largest absolute Gasteiger partial charge is 0.353 e. The average Bonchev–Trinajstić information content (AvgIpc) is 3.18. The average molecular weight is 318 g/mol. The minimum Gasteiger partial charge on any atom is -0.353 e. The van der Waals surface area contributed by atoms with Gasteiger partial charge >= 0.3 is 0 Å². The number of carbonyl (C=O) groups is 1. The van der Waals surface area contributed by atoms with Crippen molar-refractivity contribution in [2.75, 3.05) is 19.6 Å². The summed E-state index contributed by atoms with van der Waals surface area (Å²) in [6.45, 7) is 6.69. The molecule has 0 spiro atoms. The first-order valence-electron chi connectivity index (χ1n) is 8.03. The number of carbonyl (C=O) groups excluding carboxylic acids is 1. The van der Waals surface area contributed by atoms with Crippen LogP contribution in [0.15, 0.2) is 17.4 Å². The van der Waals surface area contributed by atoms with Gasteiger partial charge in [-0.3, -0.25) is 14.5 Å². The van der Waals surface area contributed by atoms with Crippen molar-refractivity contribution in [3.8, 4) is 0 Å². The summed E-state index contributed by atoms with van der Waals surface area (Å²) in [6, 6.07) is -0.0533. The first kappa shape index (κ1) is 15.7. The van der Waals surface area contributed by atoms with E-state index in [0.29, 0.717) is 18.2 Å². The second-order valence-electron chi connectivity index (χ2n) is 5.90. The number of amides is 1. The highest BCUT2D eigenvalue weighted by atomic mass is 16.2. The molecule has 2 unspecified atom stereocenters. The molecule has 0 radical (unpaired) electrons. The zero-order valence-corrected chi connectivity index (χ0v) is 13.5. The smallest absolute Gasteiger partial charge is 0.278 e. The minimum atomic E-state index is -0.467. The van der Waals surface area contributed by atoms with Crippen molar-refractivity contribution < 1.29 is 4.79 Å². The molecule has 3 rings (SSSR count). The van der Waals surface area contributed by atoms with Crippen LogP contribution in [-0.2, 0) is 4.79 Å². The van der Waals surface area contributed by atoms with Crippen molar-refractivity contribution in [2.45, 2.75) is 38.8 Å². The normalized spacial score (nSPS) is 20.0. The molecule has 1 saturated heterocycles. The monoisotopic (exact) mass is 318 g/mol. The Labute approximate surface area is 133 Å². The molecule has 124 valence electrons. The molecule has 0 saturated carbocycles. The number of imidazole rings is 1. The standard InChI is InChI=1S/C15H22N6O2/c1-3-20-6-4-5-11(20)7-16-14(22)10(2)21-9-19-12-13(21)17-8-18-15(12)23/h8-11H,3-7H2,1-2H3,(H,16,22)(H,17,18,23). The van der Waals surface area contributed by atoms with E-state index >= 15 is 0 Å². The van der Waals surface area contributed by atoms with Crippen LogP contribution in [0.2, 0.25) is 0 Å². The molecule has 0 aromatic carbocycles. The number of hydrogen-bond donors (Lipinski definition) is 2. The third kappa shape index (κ3) is 2.98. The number of nitrogens with one attached hydrogen (secondary N) is 2. The number of fused-ring (bicyclic) bond motifs is 1. The maximum atomic E-state index is 12.4. The number of likely N-dealkylation sites (N-methyl/N-ethyl adjacent to an activating group) is 1. The lowest BCUT2D eigenvalue weighted by atomic mass is 10.2. The van der Waals surface area contributed by atoms with E-state index in [1.54, 1.807) is 11.5 Å². The molecule has 1 aliphatic heterocycles. The van der Waals surface area contributed by atoms with Crippen molar-refractivity contribution in [1.29, 1.82) is 0 Å². The van der Waals surface area contributed by atoms with Crippen LogP contribution in [0.3, 0.4) is 0 Å². The van der Waals surface area contributed by atoms with Crippen LogP contribution in [-0.4, -0.2) is 56.0 Å². The summed E-state index contributed by atoms with van der Waals surface area (Å²) in [6.07, 6.45) is 5.12. The van der Waals surface area contributed by atoms with Gasteiger partial charge in [-0.15, -0.1) is 0 Å². The molecular weight excluding hydrogens is 296 g/mol. The van der Waals surface area contributed by atoms with Crippen LogP contribution in [0.25, 0.3) is 11.2 Å². The lowest BCUT2D eigenvalue weighted by Crippen LogP contribution is -2.42. The number of likely N-dealkylation sites (tertiary alicyclic amines) is 1. The van der Waals surface area contributed by atoms with E-state index in [2.05, 4.69) is 32.1 Å². The van der Waals surface area contributed by atoms with Gasteiger partial charge in [0.1, 0.15) is 6.04 Å². The van der Waals surface area contributed by atoms with Gasteiger partial charge in [0.25, 0.3) is 5.56 Å². The van der Waals surface area contributed by atoms with Crippen molar-refractivity contribution >= 4 is 17.1 Å². The van der Waals surface area contributed by atoms with Gasteiger partial charge in [-0.1, -0.05) is 6.92 Å². The molecule has 0 bridgehead atoms. The fraction of sp³-hybridized carbons (Fsp3) is 0.600. The van der Waals surface area contributed by atoms with Crippen LogP contribution >= 0.6 is 0 Å². The second-order valence-corrected chi connectivity index (χ2v) is 5.90. The summed E-state index contributed by atoms with van der Waals surface area (Å²) in [5, 5.41) is 3.01. The number of nitrogens with zero attached hydrogens (tertiary/aromatic N) is 4. The number of hydrogen-bond acceptors (Lipinski definition) is 5. The van der Waals surface area contributed by atoms with Gasteiger partial charge in [-0.05, 0) is 32.9 Å². The molecule has 2 N–H and O–H groups in total. The zero-order valence-electron chi connectivity index (χ0n) is 13.5. The lowest BCUT2D eigenvalue weighted by Gasteiger charge is -2.24. The van der Waals surface area contributed by atoms with E-state index in [1.807, 2.05) is 0 Å². The van der Waals surface area contributed by atoms with Crippen molar-refractivity contribution in [3.05, 3.63) is 23.0 Å². The van der Waals surface area contributed by atoms with E-state index in [9.17, 15) is 9.59 Å². The number of aromatic nitrogens is 4. The van der Waals surface area contributed by atoms with Crippen LogP contribution in [0.1, 0.15) is 32.7 Å². The highest BCUT2D eigenvalue weighted by Crippen LogP contribution is 2.16. The van der Waals surface area contributed by atoms with Crippen molar-refractivity contribution in [3.63, 3.8) is 0 Å². The van der Waals surface area contributed by atoms with Crippen LogP contribution < -0.4 is 10.9 Å². The summed E-state index contributed by atoms with van der Waals surface area (Å²) < 4.78 is 1.63. The highest BCUT2D eigenvalue weighted by Gasteiger charge is 2.25. The molecule has 1 aliphatic rings. The summed E-state index contributed by atoms with van der Waals surface area (Å²) in [5.41, 5.74) is 0.374. The van der Waals surface area contributed by atoms with Gasteiger partial charge in [-0.2, -0.15) is 0 Å².